The van der Waals surface area contributed by atoms with Gasteiger partial charge in [0.15, 0.2) is 0 Å². The standard InChI is InChI=1S/C13H16N4O2S/c1-3-11-15-9(8-20-11)7-14-13(19)16-10-5-4-6-17(2)12(10)18/h4-6,8H,3,7H2,1-2H3,(H2,14,16,19). The molecule has 2 N–H and O–H groups in total. The summed E-state index contributed by atoms with van der Waals surface area (Å²) in [5, 5.41) is 8.17. The summed E-state index contributed by atoms with van der Waals surface area (Å²) < 4.78 is 1.41. The number of thiazole rings is 1. The molecule has 2 amide bonds. The first-order chi connectivity index (χ1) is 9.60. The van der Waals surface area contributed by atoms with Crippen molar-refractivity contribution < 1.29 is 4.79 Å². The first-order valence-electron chi connectivity index (χ1n) is 6.24. The molecule has 0 unspecified atom stereocenters. The van der Waals surface area contributed by atoms with Crippen LogP contribution < -0.4 is 16.2 Å². The molecule has 2 aromatic heterocycles. The topological polar surface area (TPSA) is 76.0 Å². The van der Waals surface area contributed by atoms with E-state index >= 15 is 0 Å². The molecule has 6 nitrogen and oxygen atoms in total. The van der Waals surface area contributed by atoms with E-state index in [2.05, 4.69) is 15.6 Å². The van der Waals surface area contributed by atoms with Crippen LogP contribution in [-0.2, 0) is 20.0 Å². The lowest BCUT2D eigenvalue weighted by atomic mass is 10.4. The van der Waals surface area contributed by atoms with Crippen LogP contribution in [0.5, 0.6) is 0 Å². The number of carbonyl (C=O) groups excluding carboxylic acids is 1. The summed E-state index contributed by atoms with van der Waals surface area (Å²) in [5.74, 6) is 0. The van der Waals surface area contributed by atoms with Crippen LogP contribution in [0.15, 0.2) is 28.5 Å². The van der Waals surface area contributed by atoms with Gasteiger partial charge in [0, 0.05) is 18.6 Å². The van der Waals surface area contributed by atoms with E-state index in [-0.39, 0.29) is 11.2 Å². The third-order valence-electron chi connectivity index (χ3n) is 2.70. The first kappa shape index (κ1) is 14.3. The Kier molecular flexibility index (Phi) is 4.52. The molecule has 0 saturated carbocycles. The number of hydrogen-bond acceptors (Lipinski definition) is 4. The predicted molar refractivity (Wildman–Crippen MR) is 79.0 cm³/mol. The fraction of sp³-hybridized carbons (Fsp3) is 0.308. The number of pyridine rings is 1. The quantitative estimate of drug-likeness (QED) is 0.901. The van der Waals surface area contributed by atoms with E-state index in [1.807, 2.05) is 12.3 Å². The Morgan fingerprint density at radius 2 is 2.30 bits per heavy atom. The molecule has 0 radical (unpaired) electrons. The monoisotopic (exact) mass is 292 g/mol. The van der Waals surface area contributed by atoms with Crippen molar-refractivity contribution >= 4 is 23.1 Å². The normalized spacial score (nSPS) is 10.3. The Bertz CT molecular complexity index is 662. The number of hydrogen-bond donors (Lipinski definition) is 2. The van der Waals surface area contributed by atoms with Gasteiger partial charge in [-0.2, -0.15) is 0 Å². The fourth-order valence-electron chi connectivity index (χ4n) is 1.62. The molecule has 0 bridgehead atoms. The van der Waals surface area contributed by atoms with Gasteiger partial charge in [0.25, 0.3) is 5.56 Å². The number of anilines is 1. The SMILES string of the molecule is CCc1nc(CNC(=O)Nc2cccn(C)c2=O)cs1. The van der Waals surface area contributed by atoms with E-state index < -0.39 is 6.03 Å². The van der Waals surface area contributed by atoms with Gasteiger partial charge in [-0.3, -0.25) is 4.79 Å². The maximum absolute atomic E-state index is 11.7. The van der Waals surface area contributed by atoms with E-state index in [0.29, 0.717) is 6.54 Å². The number of amides is 2. The average molecular weight is 292 g/mol. The van der Waals surface area contributed by atoms with Gasteiger partial charge in [-0.25, -0.2) is 9.78 Å². The third kappa shape index (κ3) is 3.45. The Morgan fingerprint density at radius 3 is 3.00 bits per heavy atom. The van der Waals surface area contributed by atoms with Gasteiger partial charge in [-0.1, -0.05) is 6.92 Å². The highest BCUT2D eigenvalue weighted by atomic mass is 32.1. The molecular weight excluding hydrogens is 276 g/mol. The van der Waals surface area contributed by atoms with Crippen LogP contribution in [0.4, 0.5) is 10.5 Å². The zero-order valence-corrected chi connectivity index (χ0v) is 12.2. The molecule has 0 fully saturated rings. The number of carbonyl (C=O) groups is 1. The zero-order valence-electron chi connectivity index (χ0n) is 11.3. The summed E-state index contributed by atoms with van der Waals surface area (Å²) in [6.45, 7) is 2.38. The predicted octanol–water partition coefficient (Wildman–Crippen LogP) is 1.73. The van der Waals surface area contributed by atoms with Crippen LogP contribution in [0.2, 0.25) is 0 Å². The average Bonchev–Trinajstić information content (AvgIpc) is 2.90. The van der Waals surface area contributed by atoms with Crippen molar-refractivity contribution in [1.82, 2.24) is 14.9 Å². The van der Waals surface area contributed by atoms with Crippen LogP contribution in [0.1, 0.15) is 17.6 Å². The number of aromatic nitrogens is 2. The second-order valence-corrected chi connectivity index (χ2v) is 5.17. The molecule has 106 valence electrons. The molecule has 2 aromatic rings. The molecule has 0 aromatic carbocycles. The minimum Gasteiger partial charge on any atom is -0.332 e. The highest BCUT2D eigenvalue weighted by Gasteiger charge is 2.07. The fourth-order valence-corrected chi connectivity index (χ4v) is 2.37. The van der Waals surface area contributed by atoms with Crippen molar-refractivity contribution in [3.05, 3.63) is 44.8 Å². The van der Waals surface area contributed by atoms with Gasteiger partial charge in [-0.15, -0.1) is 11.3 Å². The number of nitrogens with one attached hydrogen (secondary N) is 2. The van der Waals surface area contributed by atoms with Gasteiger partial charge in [0.2, 0.25) is 0 Å². The zero-order chi connectivity index (χ0) is 14.5. The number of aryl methyl sites for hydroxylation is 2. The second-order valence-electron chi connectivity index (χ2n) is 4.23. The van der Waals surface area contributed by atoms with Crippen molar-refractivity contribution in [3.63, 3.8) is 0 Å². The van der Waals surface area contributed by atoms with Crippen molar-refractivity contribution in [2.75, 3.05) is 5.32 Å². The van der Waals surface area contributed by atoms with Crippen molar-refractivity contribution in [1.29, 1.82) is 0 Å². The van der Waals surface area contributed by atoms with E-state index in [9.17, 15) is 9.59 Å². The highest BCUT2D eigenvalue weighted by Crippen LogP contribution is 2.09. The minimum absolute atomic E-state index is 0.246. The molecule has 2 rings (SSSR count). The molecular formula is C13H16N4O2S. The molecule has 0 atom stereocenters. The summed E-state index contributed by atoms with van der Waals surface area (Å²) in [5.41, 5.74) is 0.826. The summed E-state index contributed by atoms with van der Waals surface area (Å²) >= 11 is 1.57. The lowest BCUT2D eigenvalue weighted by molar-refractivity contribution is 0.251. The Morgan fingerprint density at radius 1 is 1.50 bits per heavy atom. The lowest BCUT2D eigenvalue weighted by Crippen LogP contribution is -2.31. The van der Waals surface area contributed by atoms with E-state index in [0.717, 1.165) is 17.1 Å². The van der Waals surface area contributed by atoms with E-state index in [4.69, 9.17) is 0 Å². The number of nitrogens with zero attached hydrogens (tertiary/aromatic N) is 2. The molecule has 0 aliphatic heterocycles. The third-order valence-corrected chi connectivity index (χ3v) is 3.75. The maximum Gasteiger partial charge on any atom is 0.319 e. The van der Waals surface area contributed by atoms with Crippen LogP contribution in [0, 0.1) is 0 Å². The van der Waals surface area contributed by atoms with Gasteiger partial charge >= 0.3 is 6.03 Å². The smallest absolute Gasteiger partial charge is 0.319 e. The van der Waals surface area contributed by atoms with Gasteiger partial charge in [-0.05, 0) is 18.6 Å². The highest BCUT2D eigenvalue weighted by molar-refractivity contribution is 7.09. The van der Waals surface area contributed by atoms with Crippen LogP contribution >= 0.6 is 11.3 Å². The van der Waals surface area contributed by atoms with Gasteiger partial charge in [0.05, 0.1) is 17.2 Å². The molecule has 20 heavy (non-hydrogen) atoms. The van der Waals surface area contributed by atoms with Crippen LogP contribution in [0.25, 0.3) is 0 Å². The lowest BCUT2D eigenvalue weighted by Gasteiger charge is -2.06. The van der Waals surface area contributed by atoms with Crippen molar-refractivity contribution in [2.24, 2.45) is 7.05 Å². The summed E-state index contributed by atoms with van der Waals surface area (Å²) in [4.78, 5) is 27.8. The minimum atomic E-state index is -0.417. The molecule has 0 aliphatic carbocycles. The molecule has 0 aliphatic rings. The van der Waals surface area contributed by atoms with Crippen LogP contribution in [-0.4, -0.2) is 15.6 Å². The Labute approximate surface area is 120 Å². The van der Waals surface area contributed by atoms with E-state index in [1.165, 1.54) is 4.57 Å². The van der Waals surface area contributed by atoms with Gasteiger partial charge < -0.3 is 15.2 Å². The number of rotatable bonds is 4. The molecule has 0 spiro atoms. The molecule has 2 heterocycles. The molecule has 0 saturated heterocycles. The summed E-state index contributed by atoms with van der Waals surface area (Å²) in [6, 6.07) is 2.85. The van der Waals surface area contributed by atoms with Crippen molar-refractivity contribution in [3.8, 4) is 0 Å². The Balaban J connectivity index is 1.92. The summed E-state index contributed by atoms with van der Waals surface area (Å²) in [6.07, 6.45) is 2.52. The largest absolute Gasteiger partial charge is 0.332 e. The maximum atomic E-state index is 11.7. The van der Waals surface area contributed by atoms with E-state index in [1.54, 1.807) is 36.7 Å². The summed E-state index contributed by atoms with van der Waals surface area (Å²) in [7, 11) is 1.63. The first-order valence-corrected chi connectivity index (χ1v) is 7.12. The van der Waals surface area contributed by atoms with Crippen molar-refractivity contribution in [2.45, 2.75) is 19.9 Å². The van der Waals surface area contributed by atoms with Gasteiger partial charge in [0.1, 0.15) is 5.69 Å². The second kappa shape index (κ2) is 6.33. The number of urea groups is 1. The Hall–Kier alpha value is -2.15. The van der Waals surface area contributed by atoms with Crippen LogP contribution in [0.3, 0.4) is 0 Å². The molecule has 7 heteroatoms.